The highest BCUT2D eigenvalue weighted by molar-refractivity contribution is 9.10. The highest BCUT2D eigenvalue weighted by atomic mass is 79.9. The lowest BCUT2D eigenvalue weighted by Crippen LogP contribution is -1.99. The van der Waals surface area contributed by atoms with E-state index < -0.39 is 0 Å². The second kappa shape index (κ2) is 5.42. The van der Waals surface area contributed by atoms with Gasteiger partial charge in [-0.2, -0.15) is 0 Å². The summed E-state index contributed by atoms with van der Waals surface area (Å²) < 4.78 is 23.0. The Bertz CT molecular complexity index is 500. The van der Waals surface area contributed by atoms with Crippen molar-refractivity contribution in [3.05, 3.63) is 34.2 Å². The molecule has 1 aromatic heterocycles. The molecule has 0 aliphatic rings. The molecular formula is C10H9BrFN3OS. The Morgan fingerprint density at radius 3 is 3.00 bits per heavy atom. The highest BCUT2D eigenvalue weighted by Crippen LogP contribution is 2.23. The molecule has 7 heteroatoms. The molecule has 4 nitrogen and oxygen atoms in total. The Kier molecular flexibility index (Phi) is 3.90. The minimum absolute atomic E-state index is 0.253. The molecule has 0 radical (unpaired) electrons. The molecule has 0 spiro atoms. The number of aromatic nitrogens is 2. The van der Waals surface area contributed by atoms with Crippen molar-refractivity contribution in [2.45, 2.75) is 6.61 Å². The van der Waals surface area contributed by atoms with Crippen LogP contribution in [-0.2, 0) is 6.61 Å². The van der Waals surface area contributed by atoms with Crippen molar-refractivity contribution >= 4 is 32.5 Å². The maximum Gasteiger partial charge on any atom is 0.136 e. The molecule has 2 rings (SSSR count). The molecular weight excluding hydrogens is 309 g/mol. The summed E-state index contributed by atoms with van der Waals surface area (Å²) in [5, 5.41) is 7.73. The number of rotatable bonds is 4. The Morgan fingerprint density at radius 2 is 2.29 bits per heavy atom. The van der Waals surface area contributed by atoms with Gasteiger partial charge in [-0.1, -0.05) is 20.4 Å². The van der Waals surface area contributed by atoms with Gasteiger partial charge in [0.25, 0.3) is 0 Å². The number of hydrogen-bond donors (Lipinski definition) is 1. The Balaban J connectivity index is 2.07. The second-order valence-corrected chi connectivity index (χ2v) is 4.86. The van der Waals surface area contributed by atoms with Crippen LogP contribution in [0.1, 0.15) is 5.69 Å². The average Bonchev–Trinajstić information content (AvgIpc) is 2.72. The molecule has 1 aromatic carbocycles. The molecule has 2 aromatic rings. The summed E-state index contributed by atoms with van der Waals surface area (Å²) in [6.07, 6.45) is 0. The first-order valence-electron chi connectivity index (χ1n) is 4.77. The first kappa shape index (κ1) is 12.3. The zero-order chi connectivity index (χ0) is 12.3. The topological polar surface area (TPSA) is 47.0 Å². The zero-order valence-electron chi connectivity index (χ0n) is 8.91. The maximum absolute atomic E-state index is 13.1. The van der Waals surface area contributed by atoms with Gasteiger partial charge in [0.05, 0.1) is 0 Å². The van der Waals surface area contributed by atoms with Crippen LogP contribution in [0.2, 0.25) is 0 Å². The summed E-state index contributed by atoms with van der Waals surface area (Å²) >= 11 is 4.46. The summed E-state index contributed by atoms with van der Waals surface area (Å²) in [7, 11) is 1.79. The van der Waals surface area contributed by atoms with Gasteiger partial charge in [-0.25, -0.2) is 4.39 Å². The van der Waals surface area contributed by atoms with Gasteiger partial charge >= 0.3 is 0 Å². The highest BCUT2D eigenvalue weighted by Gasteiger charge is 2.07. The number of anilines is 1. The van der Waals surface area contributed by atoms with Gasteiger partial charge in [-0.3, -0.25) is 0 Å². The molecule has 17 heavy (non-hydrogen) atoms. The van der Waals surface area contributed by atoms with Crippen LogP contribution >= 0.6 is 27.5 Å². The number of hydrogen-bond acceptors (Lipinski definition) is 5. The van der Waals surface area contributed by atoms with Gasteiger partial charge in [-0.05, 0) is 12.1 Å². The van der Waals surface area contributed by atoms with Gasteiger partial charge in [0, 0.05) is 29.1 Å². The molecule has 1 N–H and O–H groups in total. The van der Waals surface area contributed by atoms with Gasteiger partial charge in [0.15, 0.2) is 0 Å². The van der Waals surface area contributed by atoms with Crippen molar-refractivity contribution in [1.82, 2.24) is 9.59 Å². The minimum Gasteiger partial charge on any atom is -0.487 e. The molecule has 0 saturated carbocycles. The Morgan fingerprint density at radius 1 is 1.47 bits per heavy atom. The molecule has 0 unspecified atom stereocenters. The molecule has 0 aliphatic carbocycles. The third kappa shape index (κ3) is 3.13. The summed E-state index contributed by atoms with van der Waals surface area (Å²) in [5.74, 6) is 0.103. The number of nitrogens with one attached hydrogen (secondary N) is 1. The summed E-state index contributed by atoms with van der Waals surface area (Å²) in [5.41, 5.74) is 0.706. The molecule has 0 bridgehead atoms. The van der Waals surface area contributed by atoms with Gasteiger partial charge < -0.3 is 10.1 Å². The van der Waals surface area contributed by atoms with Crippen molar-refractivity contribution in [3.8, 4) is 5.75 Å². The molecule has 0 amide bonds. The second-order valence-electron chi connectivity index (χ2n) is 3.19. The van der Waals surface area contributed by atoms with E-state index in [0.717, 1.165) is 5.00 Å². The molecule has 1 heterocycles. The first-order valence-corrected chi connectivity index (χ1v) is 6.33. The normalized spacial score (nSPS) is 10.3. The standard InChI is InChI=1S/C10H9BrFN3OS/c1-13-10-9(14-15-17-10)5-16-8-3-6(11)2-7(12)4-8/h2-4,13H,5H2,1H3. The summed E-state index contributed by atoms with van der Waals surface area (Å²) in [6, 6.07) is 4.39. The minimum atomic E-state index is -0.348. The van der Waals surface area contributed by atoms with E-state index in [1.807, 2.05) is 0 Å². The Hall–Kier alpha value is -1.21. The SMILES string of the molecule is CNc1snnc1COc1cc(F)cc(Br)c1. The molecule has 90 valence electrons. The fourth-order valence-electron chi connectivity index (χ4n) is 1.26. The van der Waals surface area contributed by atoms with Crippen molar-refractivity contribution in [2.75, 3.05) is 12.4 Å². The van der Waals surface area contributed by atoms with Gasteiger partial charge in [0.2, 0.25) is 0 Å². The van der Waals surface area contributed by atoms with Crippen LogP contribution in [0.15, 0.2) is 22.7 Å². The van der Waals surface area contributed by atoms with Crippen molar-refractivity contribution in [2.24, 2.45) is 0 Å². The lowest BCUT2D eigenvalue weighted by molar-refractivity contribution is 0.300. The van der Waals surface area contributed by atoms with Crippen LogP contribution in [0, 0.1) is 5.82 Å². The van der Waals surface area contributed by atoms with Crippen LogP contribution in [0.5, 0.6) is 5.75 Å². The fourth-order valence-corrected chi connectivity index (χ4v) is 2.22. The predicted molar refractivity (Wildman–Crippen MR) is 67.9 cm³/mol. The Labute approximate surface area is 110 Å². The third-order valence-corrected chi connectivity index (χ3v) is 3.24. The largest absolute Gasteiger partial charge is 0.487 e. The van der Waals surface area contributed by atoms with E-state index in [-0.39, 0.29) is 12.4 Å². The molecule has 0 atom stereocenters. The van der Waals surface area contributed by atoms with Crippen LogP contribution in [0.4, 0.5) is 9.39 Å². The lowest BCUT2D eigenvalue weighted by Gasteiger charge is -2.06. The van der Waals surface area contributed by atoms with Crippen molar-refractivity contribution in [3.63, 3.8) is 0 Å². The van der Waals surface area contributed by atoms with E-state index in [0.29, 0.717) is 15.9 Å². The number of benzene rings is 1. The van der Waals surface area contributed by atoms with E-state index in [9.17, 15) is 4.39 Å². The van der Waals surface area contributed by atoms with E-state index in [4.69, 9.17) is 4.74 Å². The maximum atomic E-state index is 13.1. The summed E-state index contributed by atoms with van der Waals surface area (Å²) in [6.45, 7) is 0.253. The predicted octanol–water partition coefficient (Wildman–Crippen LogP) is 3.06. The smallest absolute Gasteiger partial charge is 0.136 e. The lowest BCUT2D eigenvalue weighted by atomic mass is 10.3. The van der Waals surface area contributed by atoms with E-state index in [1.165, 1.54) is 23.7 Å². The van der Waals surface area contributed by atoms with Gasteiger partial charge in [0.1, 0.15) is 28.9 Å². The van der Waals surface area contributed by atoms with E-state index in [2.05, 4.69) is 30.8 Å². The fraction of sp³-hybridized carbons (Fsp3) is 0.200. The van der Waals surface area contributed by atoms with Crippen molar-refractivity contribution < 1.29 is 9.13 Å². The van der Waals surface area contributed by atoms with Gasteiger partial charge in [-0.15, -0.1) is 5.10 Å². The van der Waals surface area contributed by atoms with Crippen molar-refractivity contribution in [1.29, 1.82) is 0 Å². The number of ether oxygens (including phenoxy) is 1. The quantitative estimate of drug-likeness (QED) is 0.941. The molecule has 0 fully saturated rings. The molecule has 0 aliphatic heterocycles. The number of nitrogens with zero attached hydrogens (tertiary/aromatic N) is 2. The zero-order valence-corrected chi connectivity index (χ0v) is 11.3. The molecule has 0 saturated heterocycles. The summed E-state index contributed by atoms with van der Waals surface area (Å²) in [4.78, 5) is 0. The monoisotopic (exact) mass is 317 g/mol. The van der Waals surface area contributed by atoms with Crippen LogP contribution in [0.3, 0.4) is 0 Å². The first-order chi connectivity index (χ1) is 8.19. The van der Waals surface area contributed by atoms with E-state index in [1.54, 1.807) is 13.1 Å². The average molecular weight is 318 g/mol. The van der Waals surface area contributed by atoms with E-state index >= 15 is 0 Å². The van der Waals surface area contributed by atoms with Crippen LogP contribution in [0.25, 0.3) is 0 Å². The van der Waals surface area contributed by atoms with Crippen LogP contribution in [-0.4, -0.2) is 16.6 Å². The third-order valence-electron chi connectivity index (χ3n) is 1.99. The number of halogens is 2. The van der Waals surface area contributed by atoms with Crippen LogP contribution < -0.4 is 10.1 Å².